The first-order valence-electron chi connectivity index (χ1n) is 10.2. The first-order valence-corrected chi connectivity index (χ1v) is 10.6. The van der Waals surface area contributed by atoms with Crippen molar-refractivity contribution in [2.75, 3.05) is 10.6 Å². The van der Waals surface area contributed by atoms with Gasteiger partial charge in [0.15, 0.2) is 5.65 Å². The van der Waals surface area contributed by atoms with Crippen LogP contribution < -0.4 is 16.4 Å². The van der Waals surface area contributed by atoms with Gasteiger partial charge in [-0.3, -0.25) is 9.36 Å². The molecule has 1 aromatic carbocycles. The standard InChI is InChI=1S/C21H26ClN7O/c1-12(2)25-20-24-11-17-19(28-20)29(16-8-6-13(7-9-16)18(23)30)21(27-17)26-15-5-3-4-14(22)10-15/h3-5,10-13,16H,6-9H2,1-2H3,(H2,23,30)(H,26,27)(H,24,25,28)/t13-,16-. The van der Waals surface area contributed by atoms with Crippen LogP contribution in [0.3, 0.4) is 0 Å². The molecule has 1 aliphatic rings. The quantitative estimate of drug-likeness (QED) is 0.542. The van der Waals surface area contributed by atoms with Crippen LogP contribution in [0, 0.1) is 5.92 Å². The summed E-state index contributed by atoms with van der Waals surface area (Å²) in [6.45, 7) is 4.09. The number of nitrogens with two attached hydrogens (primary N) is 1. The third-order valence-corrected chi connectivity index (χ3v) is 5.63. The fourth-order valence-corrected chi connectivity index (χ4v) is 4.16. The number of halogens is 1. The maximum atomic E-state index is 11.6. The Bertz CT molecular complexity index is 1060. The van der Waals surface area contributed by atoms with Gasteiger partial charge in [0.25, 0.3) is 0 Å². The number of primary amides is 1. The molecular weight excluding hydrogens is 402 g/mol. The number of hydrogen-bond donors (Lipinski definition) is 3. The zero-order valence-corrected chi connectivity index (χ0v) is 17.9. The van der Waals surface area contributed by atoms with E-state index in [2.05, 4.69) is 20.2 Å². The molecule has 4 rings (SSSR count). The highest BCUT2D eigenvalue weighted by molar-refractivity contribution is 6.30. The average molecular weight is 428 g/mol. The fourth-order valence-electron chi connectivity index (χ4n) is 3.97. The molecule has 1 amide bonds. The van der Waals surface area contributed by atoms with Gasteiger partial charge in [-0.15, -0.1) is 0 Å². The highest BCUT2D eigenvalue weighted by atomic mass is 35.5. The van der Waals surface area contributed by atoms with Crippen molar-refractivity contribution in [2.24, 2.45) is 11.7 Å². The Hall–Kier alpha value is -2.87. The fraction of sp³-hybridized carbons (Fsp3) is 0.429. The second-order valence-corrected chi connectivity index (χ2v) is 8.49. The van der Waals surface area contributed by atoms with Crippen molar-refractivity contribution in [3.05, 3.63) is 35.5 Å². The van der Waals surface area contributed by atoms with Gasteiger partial charge in [-0.05, 0) is 57.7 Å². The van der Waals surface area contributed by atoms with Crippen LogP contribution in [0.4, 0.5) is 17.6 Å². The van der Waals surface area contributed by atoms with Gasteiger partial charge in [0.2, 0.25) is 17.8 Å². The Morgan fingerprint density at radius 2 is 2.00 bits per heavy atom. The smallest absolute Gasteiger partial charge is 0.224 e. The molecule has 2 heterocycles. The minimum atomic E-state index is -0.216. The largest absolute Gasteiger partial charge is 0.369 e. The van der Waals surface area contributed by atoms with Crippen molar-refractivity contribution in [3.8, 4) is 0 Å². The molecule has 8 nitrogen and oxygen atoms in total. The Kier molecular flexibility index (Phi) is 5.76. The van der Waals surface area contributed by atoms with Crippen LogP contribution >= 0.6 is 11.6 Å². The Balaban J connectivity index is 1.73. The SMILES string of the molecule is CC(C)Nc1ncc2nc(Nc3cccc(Cl)c3)n([C@H]3CC[C@H](C(N)=O)CC3)c2n1. The summed E-state index contributed by atoms with van der Waals surface area (Å²) in [6, 6.07) is 7.89. The summed E-state index contributed by atoms with van der Waals surface area (Å²) in [5.74, 6) is 0.977. The number of rotatable bonds is 6. The van der Waals surface area contributed by atoms with Crippen LogP contribution in [0.5, 0.6) is 0 Å². The number of nitrogens with zero attached hydrogens (tertiary/aromatic N) is 4. The number of fused-ring (bicyclic) bond motifs is 1. The van der Waals surface area contributed by atoms with Crippen LogP contribution in [0.1, 0.15) is 45.6 Å². The van der Waals surface area contributed by atoms with Crippen LogP contribution in [-0.4, -0.2) is 31.5 Å². The van der Waals surface area contributed by atoms with Gasteiger partial charge in [-0.25, -0.2) is 9.97 Å². The van der Waals surface area contributed by atoms with E-state index in [-0.39, 0.29) is 23.9 Å². The van der Waals surface area contributed by atoms with Crippen molar-refractivity contribution >= 4 is 46.3 Å². The van der Waals surface area contributed by atoms with E-state index in [4.69, 9.17) is 27.3 Å². The van der Waals surface area contributed by atoms with E-state index in [9.17, 15) is 4.79 Å². The summed E-state index contributed by atoms with van der Waals surface area (Å²) in [5.41, 5.74) is 7.85. The number of nitrogens with one attached hydrogen (secondary N) is 2. The van der Waals surface area contributed by atoms with Crippen molar-refractivity contribution in [1.82, 2.24) is 19.5 Å². The molecule has 3 aromatic rings. The Morgan fingerprint density at radius 1 is 1.23 bits per heavy atom. The molecule has 0 radical (unpaired) electrons. The van der Waals surface area contributed by atoms with E-state index in [0.717, 1.165) is 37.0 Å². The zero-order chi connectivity index (χ0) is 21.3. The summed E-state index contributed by atoms with van der Waals surface area (Å²) in [4.78, 5) is 25.5. The third-order valence-electron chi connectivity index (χ3n) is 5.40. The summed E-state index contributed by atoms with van der Waals surface area (Å²) >= 11 is 6.15. The molecule has 0 bridgehead atoms. The molecule has 2 aromatic heterocycles. The molecule has 1 saturated carbocycles. The minimum absolute atomic E-state index is 0.0619. The summed E-state index contributed by atoms with van der Waals surface area (Å²) in [6.07, 6.45) is 4.93. The van der Waals surface area contributed by atoms with Gasteiger partial charge >= 0.3 is 0 Å². The summed E-state index contributed by atoms with van der Waals surface area (Å²) in [5, 5.41) is 7.28. The molecule has 0 spiro atoms. The van der Waals surface area contributed by atoms with Crippen LogP contribution in [0.2, 0.25) is 5.02 Å². The van der Waals surface area contributed by atoms with Gasteiger partial charge in [-0.1, -0.05) is 17.7 Å². The third kappa shape index (κ3) is 4.33. The van der Waals surface area contributed by atoms with Gasteiger partial charge < -0.3 is 16.4 Å². The Morgan fingerprint density at radius 3 is 2.67 bits per heavy atom. The highest BCUT2D eigenvalue weighted by Gasteiger charge is 2.29. The molecule has 0 saturated heterocycles. The second-order valence-electron chi connectivity index (χ2n) is 8.05. The average Bonchev–Trinajstić information content (AvgIpc) is 3.04. The van der Waals surface area contributed by atoms with E-state index in [1.807, 2.05) is 38.1 Å². The maximum absolute atomic E-state index is 11.6. The Labute approximate surface area is 180 Å². The maximum Gasteiger partial charge on any atom is 0.224 e. The lowest BCUT2D eigenvalue weighted by atomic mass is 9.85. The van der Waals surface area contributed by atoms with Crippen LogP contribution in [-0.2, 0) is 4.79 Å². The van der Waals surface area contributed by atoms with Gasteiger partial charge in [0, 0.05) is 28.7 Å². The molecule has 0 unspecified atom stereocenters. The molecule has 4 N–H and O–H groups in total. The molecule has 0 atom stereocenters. The molecule has 0 aliphatic heterocycles. The molecule has 158 valence electrons. The minimum Gasteiger partial charge on any atom is -0.369 e. The molecule has 9 heteroatoms. The number of imidazole rings is 1. The monoisotopic (exact) mass is 427 g/mol. The predicted molar refractivity (Wildman–Crippen MR) is 119 cm³/mol. The number of anilines is 3. The van der Waals surface area contributed by atoms with E-state index < -0.39 is 0 Å². The first kappa shape index (κ1) is 20.4. The lowest BCUT2D eigenvalue weighted by molar-refractivity contribution is -0.122. The van der Waals surface area contributed by atoms with Crippen LogP contribution in [0.15, 0.2) is 30.5 Å². The number of aromatic nitrogens is 4. The molecular formula is C21H26ClN7O. The van der Waals surface area contributed by atoms with E-state index >= 15 is 0 Å². The zero-order valence-electron chi connectivity index (χ0n) is 17.1. The second kappa shape index (κ2) is 8.47. The lowest BCUT2D eigenvalue weighted by Crippen LogP contribution is -2.28. The molecule has 30 heavy (non-hydrogen) atoms. The van der Waals surface area contributed by atoms with E-state index in [1.54, 1.807) is 6.20 Å². The lowest BCUT2D eigenvalue weighted by Gasteiger charge is -2.29. The number of benzene rings is 1. The topological polar surface area (TPSA) is 111 Å². The van der Waals surface area contributed by atoms with Crippen molar-refractivity contribution in [2.45, 2.75) is 51.6 Å². The summed E-state index contributed by atoms with van der Waals surface area (Å²) in [7, 11) is 0. The number of hydrogen-bond acceptors (Lipinski definition) is 6. The number of amides is 1. The van der Waals surface area contributed by atoms with Crippen molar-refractivity contribution in [3.63, 3.8) is 0 Å². The normalized spacial score (nSPS) is 19.2. The van der Waals surface area contributed by atoms with Crippen molar-refractivity contribution in [1.29, 1.82) is 0 Å². The van der Waals surface area contributed by atoms with E-state index in [0.29, 0.717) is 22.4 Å². The van der Waals surface area contributed by atoms with E-state index in [1.165, 1.54) is 0 Å². The van der Waals surface area contributed by atoms with Gasteiger partial charge in [-0.2, -0.15) is 4.98 Å². The van der Waals surface area contributed by atoms with Crippen molar-refractivity contribution < 1.29 is 4.79 Å². The highest BCUT2D eigenvalue weighted by Crippen LogP contribution is 2.37. The van der Waals surface area contributed by atoms with Crippen LogP contribution in [0.25, 0.3) is 11.2 Å². The predicted octanol–water partition coefficient (Wildman–Crippen LogP) is 4.26. The number of carbonyl (C=O) groups is 1. The number of carbonyl (C=O) groups excluding carboxylic acids is 1. The summed E-state index contributed by atoms with van der Waals surface area (Å²) < 4.78 is 2.13. The molecule has 1 fully saturated rings. The van der Waals surface area contributed by atoms with Gasteiger partial charge in [0.1, 0.15) is 5.52 Å². The van der Waals surface area contributed by atoms with Gasteiger partial charge in [0.05, 0.1) is 6.20 Å². The molecule has 1 aliphatic carbocycles. The first-order chi connectivity index (χ1) is 14.4.